The maximum atomic E-state index is 12.4. The van der Waals surface area contributed by atoms with Crippen LogP contribution in [0.5, 0.6) is 0 Å². The Bertz CT molecular complexity index is 929. The molecule has 2 aromatic rings. The van der Waals surface area contributed by atoms with E-state index in [4.69, 9.17) is 4.74 Å². The van der Waals surface area contributed by atoms with Gasteiger partial charge in [-0.2, -0.15) is 0 Å². The van der Waals surface area contributed by atoms with E-state index < -0.39 is 10.0 Å². The summed E-state index contributed by atoms with van der Waals surface area (Å²) in [7, 11) is -3.69. The number of ketones is 1. The van der Waals surface area contributed by atoms with Crippen LogP contribution in [0.4, 0.5) is 11.6 Å². The fourth-order valence-electron chi connectivity index (χ4n) is 2.75. The average molecular weight is 405 g/mol. The van der Waals surface area contributed by atoms with Crippen molar-refractivity contribution in [3.8, 4) is 0 Å². The molecular formula is C18H23N5O4S. The van der Waals surface area contributed by atoms with Gasteiger partial charge in [-0.05, 0) is 19.1 Å². The zero-order chi connectivity index (χ0) is 20.0. The third-order valence-corrected chi connectivity index (χ3v) is 5.72. The molecule has 0 unspecified atom stereocenters. The van der Waals surface area contributed by atoms with Crippen LogP contribution in [0.2, 0.25) is 0 Å². The first-order valence-electron chi connectivity index (χ1n) is 8.95. The maximum absolute atomic E-state index is 12.4. The number of aromatic nitrogens is 2. The van der Waals surface area contributed by atoms with E-state index in [0.29, 0.717) is 31.1 Å². The fraction of sp³-hybridized carbons (Fsp3) is 0.389. The summed E-state index contributed by atoms with van der Waals surface area (Å²) < 4.78 is 32.6. The van der Waals surface area contributed by atoms with Crippen molar-refractivity contribution in [2.75, 3.05) is 49.6 Å². The normalized spacial score (nSPS) is 14.7. The smallest absolute Gasteiger partial charge is 0.240 e. The Labute approximate surface area is 164 Å². The Morgan fingerprint density at radius 1 is 1.18 bits per heavy atom. The van der Waals surface area contributed by atoms with Crippen molar-refractivity contribution in [3.63, 3.8) is 0 Å². The van der Waals surface area contributed by atoms with Gasteiger partial charge in [-0.15, -0.1) is 0 Å². The monoisotopic (exact) mass is 405 g/mol. The van der Waals surface area contributed by atoms with Crippen LogP contribution in [0, 0.1) is 0 Å². The van der Waals surface area contributed by atoms with E-state index >= 15 is 0 Å². The molecule has 0 amide bonds. The number of carbonyl (C=O) groups excluding carboxylic acids is 1. The summed E-state index contributed by atoms with van der Waals surface area (Å²) >= 11 is 0. The minimum absolute atomic E-state index is 0.0665. The molecule has 0 saturated carbocycles. The second-order valence-corrected chi connectivity index (χ2v) is 8.04. The van der Waals surface area contributed by atoms with Gasteiger partial charge in [0.25, 0.3) is 0 Å². The summed E-state index contributed by atoms with van der Waals surface area (Å²) in [6, 6.07) is 7.80. The Morgan fingerprint density at radius 3 is 2.71 bits per heavy atom. The molecule has 10 heteroatoms. The third-order valence-electron chi connectivity index (χ3n) is 4.26. The molecule has 0 spiro atoms. The van der Waals surface area contributed by atoms with Gasteiger partial charge in [0.15, 0.2) is 5.78 Å². The van der Waals surface area contributed by atoms with Crippen LogP contribution in [0.3, 0.4) is 0 Å². The van der Waals surface area contributed by atoms with Crippen LogP contribution in [0.1, 0.15) is 17.3 Å². The van der Waals surface area contributed by atoms with Gasteiger partial charge in [0.2, 0.25) is 10.0 Å². The Kier molecular flexibility index (Phi) is 6.55. The molecule has 1 aromatic carbocycles. The minimum Gasteiger partial charge on any atom is -0.378 e. The molecule has 150 valence electrons. The SMILES string of the molecule is CC(=O)c1cccc(S(=O)(=O)NCCNc2cc(N3CCOCC3)ncn2)c1. The van der Waals surface area contributed by atoms with Gasteiger partial charge in [0, 0.05) is 37.8 Å². The highest BCUT2D eigenvalue weighted by Crippen LogP contribution is 2.15. The average Bonchev–Trinajstić information content (AvgIpc) is 2.72. The maximum Gasteiger partial charge on any atom is 0.240 e. The number of carbonyl (C=O) groups is 1. The Balaban J connectivity index is 1.54. The number of hydrogen-bond acceptors (Lipinski definition) is 8. The Morgan fingerprint density at radius 2 is 1.96 bits per heavy atom. The van der Waals surface area contributed by atoms with Crippen molar-refractivity contribution in [1.82, 2.24) is 14.7 Å². The second-order valence-electron chi connectivity index (χ2n) is 6.27. The van der Waals surface area contributed by atoms with Crippen molar-refractivity contribution in [3.05, 3.63) is 42.2 Å². The lowest BCUT2D eigenvalue weighted by atomic mass is 10.2. The molecule has 1 saturated heterocycles. The number of sulfonamides is 1. The highest BCUT2D eigenvalue weighted by Gasteiger charge is 2.15. The van der Waals surface area contributed by atoms with Gasteiger partial charge in [0.05, 0.1) is 18.1 Å². The quantitative estimate of drug-likeness (QED) is 0.492. The first kappa shape index (κ1) is 20.2. The van der Waals surface area contributed by atoms with Crippen molar-refractivity contribution in [2.45, 2.75) is 11.8 Å². The van der Waals surface area contributed by atoms with E-state index in [1.54, 1.807) is 12.1 Å². The molecule has 2 heterocycles. The Hall–Kier alpha value is -2.56. The van der Waals surface area contributed by atoms with E-state index in [2.05, 4.69) is 24.9 Å². The number of hydrogen-bond donors (Lipinski definition) is 2. The van der Waals surface area contributed by atoms with Crippen molar-refractivity contribution in [2.24, 2.45) is 0 Å². The minimum atomic E-state index is -3.69. The summed E-state index contributed by atoms with van der Waals surface area (Å²) in [5, 5.41) is 3.09. The summed E-state index contributed by atoms with van der Waals surface area (Å²) in [5.74, 6) is 1.25. The fourth-order valence-corrected chi connectivity index (χ4v) is 3.83. The van der Waals surface area contributed by atoms with E-state index in [9.17, 15) is 13.2 Å². The standard InChI is InChI=1S/C18H23N5O4S/c1-14(24)15-3-2-4-16(11-15)28(25,26)22-6-5-19-17-12-18(21-13-20-17)23-7-9-27-10-8-23/h2-4,11-13,22H,5-10H2,1H3,(H,19,20,21). The van der Waals surface area contributed by atoms with Crippen molar-refractivity contribution in [1.29, 1.82) is 0 Å². The van der Waals surface area contributed by atoms with Gasteiger partial charge in [-0.25, -0.2) is 23.1 Å². The number of rotatable bonds is 8. The van der Waals surface area contributed by atoms with Crippen LogP contribution in [-0.4, -0.2) is 63.6 Å². The van der Waals surface area contributed by atoms with Crippen LogP contribution in [0.25, 0.3) is 0 Å². The van der Waals surface area contributed by atoms with E-state index in [-0.39, 0.29) is 17.2 Å². The molecule has 1 fully saturated rings. The van der Waals surface area contributed by atoms with Gasteiger partial charge in [-0.3, -0.25) is 4.79 Å². The molecule has 28 heavy (non-hydrogen) atoms. The van der Waals surface area contributed by atoms with E-state index in [0.717, 1.165) is 18.9 Å². The summed E-state index contributed by atoms with van der Waals surface area (Å²) in [6.45, 7) is 4.80. The number of ether oxygens (including phenoxy) is 1. The van der Waals surface area contributed by atoms with E-state index in [1.165, 1.54) is 25.4 Å². The highest BCUT2D eigenvalue weighted by molar-refractivity contribution is 7.89. The first-order valence-corrected chi connectivity index (χ1v) is 10.4. The predicted molar refractivity (Wildman–Crippen MR) is 105 cm³/mol. The highest BCUT2D eigenvalue weighted by atomic mass is 32.2. The zero-order valence-electron chi connectivity index (χ0n) is 15.6. The second kappa shape index (κ2) is 9.09. The van der Waals surface area contributed by atoms with Crippen LogP contribution >= 0.6 is 0 Å². The topological polar surface area (TPSA) is 114 Å². The lowest BCUT2D eigenvalue weighted by molar-refractivity contribution is 0.101. The van der Waals surface area contributed by atoms with Crippen molar-refractivity contribution >= 4 is 27.4 Å². The predicted octanol–water partition coefficient (Wildman–Crippen LogP) is 0.906. The van der Waals surface area contributed by atoms with Gasteiger partial charge >= 0.3 is 0 Å². The van der Waals surface area contributed by atoms with E-state index in [1.807, 2.05) is 6.07 Å². The summed E-state index contributed by atoms with van der Waals surface area (Å²) in [5.41, 5.74) is 0.359. The zero-order valence-corrected chi connectivity index (χ0v) is 16.4. The van der Waals surface area contributed by atoms with Gasteiger partial charge in [-0.1, -0.05) is 12.1 Å². The van der Waals surface area contributed by atoms with Crippen LogP contribution in [-0.2, 0) is 14.8 Å². The molecule has 1 aliphatic rings. The molecule has 0 aliphatic carbocycles. The number of nitrogens with one attached hydrogen (secondary N) is 2. The number of anilines is 2. The lowest BCUT2D eigenvalue weighted by Gasteiger charge is -2.27. The molecule has 9 nitrogen and oxygen atoms in total. The molecular weight excluding hydrogens is 382 g/mol. The van der Waals surface area contributed by atoms with Crippen LogP contribution < -0.4 is 14.9 Å². The molecule has 0 bridgehead atoms. The molecule has 1 aromatic heterocycles. The molecule has 0 atom stereocenters. The summed E-state index contributed by atoms with van der Waals surface area (Å²) in [4.78, 5) is 22.1. The molecule has 3 rings (SSSR count). The molecule has 1 aliphatic heterocycles. The van der Waals surface area contributed by atoms with Crippen molar-refractivity contribution < 1.29 is 17.9 Å². The number of nitrogens with zero attached hydrogens (tertiary/aromatic N) is 3. The summed E-state index contributed by atoms with van der Waals surface area (Å²) in [6.07, 6.45) is 1.48. The first-order chi connectivity index (χ1) is 13.5. The van der Waals surface area contributed by atoms with Crippen LogP contribution in [0.15, 0.2) is 41.6 Å². The molecule has 0 radical (unpaired) electrons. The largest absolute Gasteiger partial charge is 0.378 e. The van der Waals surface area contributed by atoms with Gasteiger partial charge in [0.1, 0.15) is 18.0 Å². The van der Waals surface area contributed by atoms with Gasteiger partial charge < -0.3 is 15.0 Å². The number of morpholine rings is 1. The number of Topliss-reactive ketones (excluding diaryl/α,β-unsaturated/α-hetero) is 1. The number of benzene rings is 1. The third kappa shape index (κ3) is 5.24. The lowest BCUT2D eigenvalue weighted by Crippen LogP contribution is -2.36. The molecule has 2 N–H and O–H groups in total.